The zero-order valence-electron chi connectivity index (χ0n) is 15.3. The van der Waals surface area contributed by atoms with Gasteiger partial charge in [0.25, 0.3) is 0 Å². The number of carbonyl (C=O) groups excluding carboxylic acids is 1. The average Bonchev–Trinajstić information content (AvgIpc) is 2.61. The predicted octanol–water partition coefficient (Wildman–Crippen LogP) is 3.63. The minimum absolute atomic E-state index is 0. The van der Waals surface area contributed by atoms with Gasteiger partial charge in [0.05, 0.1) is 13.2 Å². The summed E-state index contributed by atoms with van der Waals surface area (Å²) in [5.74, 6) is 0.789. The molecule has 1 saturated heterocycles. The lowest BCUT2D eigenvalue weighted by Gasteiger charge is -2.32. The van der Waals surface area contributed by atoms with Gasteiger partial charge >= 0.3 is 6.09 Å². The Kier molecular flexibility index (Phi) is 10.7. The predicted molar refractivity (Wildman–Crippen MR) is 116 cm³/mol. The first kappa shape index (κ1) is 22.8. The van der Waals surface area contributed by atoms with Gasteiger partial charge in [0.1, 0.15) is 0 Å². The molecule has 0 atom stereocenters. The fraction of sp³-hybridized carbons (Fsp3) is 0.556. The summed E-state index contributed by atoms with van der Waals surface area (Å²) in [4.78, 5) is 18.1. The molecule has 0 bridgehead atoms. The second kappa shape index (κ2) is 12.2. The number of piperidine rings is 1. The zero-order chi connectivity index (χ0) is 18.1. The summed E-state index contributed by atoms with van der Waals surface area (Å²) in [6.45, 7) is 7.04. The summed E-state index contributed by atoms with van der Waals surface area (Å²) in [6.07, 6.45) is 1.53. The Morgan fingerprint density at radius 3 is 2.69 bits per heavy atom. The van der Waals surface area contributed by atoms with Crippen molar-refractivity contribution in [3.8, 4) is 0 Å². The zero-order valence-corrected chi connectivity index (χ0v) is 18.4. The molecule has 0 saturated carbocycles. The van der Waals surface area contributed by atoms with Gasteiger partial charge in [-0.15, -0.1) is 24.0 Å². The van der Waals surface area contributed by atoms with Gasteiger partial charge in [-0.25, -0.2) is 9.79 Å². The number of carbonyl (C=O) groups is 1. The molecular weight excluding hydrogens is 467 g/mol. The highest BCUT2D eigenvalue weighted by molar-refractivity contribution is 14.0. The minimum Gasteiger partial charge on any atom is -0.450 e. The molecule has 26 heavy (non-hydrogen) atoms. The van der Waals surface area contributed by atoms with Crippen LogP contribution in [0.1, 0.15) is 32.3 Å². The molecule has 146 valence electrons. The molecule has 1 aromatic rings. The van der Waals surface area contributed by atoms with E-state index in [1.54, 1.807) is 4.90 Å². The molecule has 1 heterocycles. The number of benzene rings is 1. The smallest absolute Gasteiger partial charge is 0.409 e. The van der Waals surface area contributed by atoms with Crippen LogP contribution >= 0.6 is 35.6 Å². The van der Waals surface area contributed by atoms with Gasteiger partial charge in [-0.2, -0.15) is 0 Å². The van der Waals surface area contributed by atoms with E-state index in [9.17, 15) is 4.79 Å². The van der Waals surface area contributed by atoms with Crippen molar-refractivity contribution < 1.29 is 9.53 Å². The van der Waals surface area contributed by atoms with Crippen LogP contribution < -0.4 is 10.6 Å². The Bertz CT molecular complexity index is 592. The third-order valence-electron chi connectivity index (χ3n) is 4.01. The largest absolute Gasteiger partial charge is 0.450 e. The number of nitrogens with zero attached hydrogens (tertiary/aromatic N) is 2. The Morgan fingerprint density at radius 2 is 2.08 bits per heavy atom. The summed E-state index contributed by atoms with van der Waals surface area (Å²) >= 11 is 6.02. The highest BCUT2D eigenvalue weighted by Gasteiger charge is 2.23. The molecular formula is C18H28ClIN4O2. The molecule has 6 nitrogen and oxygen atoms in total. The number of nitrogens with one attached hydrogen (secondary N) is 2. The lowest BCUT2D eigenvalue weighted by atomic mass is 10.1. The Morgan fingerprint density at radius 1 is 1.35 bits per heavy atom. The maximum Gasteiger partial charge on any atom is 0.409 e. The van der Waals surface area contributed by atoms with Crippen LogP contribution in [-0.2, 0) is 11.3 Å². The van der Waals surface area contributed by atoms with E-state index in [4.69, 9.17) is 16.3 Å². The van der Waals surface area contributed by atoms with Crippen molar-refractivity contribution in [3.63, 3.8) is 0 Å². The topological polar surface area (TPSA) is 66.0 Å². The maximum absolute atomic E-state index is 11.8. The van der Waals surface area contributed by atoms with Crippen LogP contribution in [0.15, 0.2) is 29.3 Å². The average molecular weight is 495 g/mol. The van der Waals surface area contributed by atoms with Gasteiger partial charge < -0.3 is 20.3 Å². The van der Waals surface area contributed by atoms with Crippen LogP contribution in [0.5, 0.6) is 0 Å². The molecule has 0 aliphatic carbocycles. The molecule has 2 rings (SSSR count). The number of rotatable bonds is 5. The van der Waals surface area contributed by atoms with Gasteiger partial charge in [0, 0.05) is 30.7 Å². The van der Waals surface area contributed by atoms with E-state index in [0.29, 0.717) is 32.3 Å². The second-order valence-electron chi connectivity index (χ2n) is 5.93. The van der Waals surface area contributed by atoms with Crippen LogP contribution in [-0.4, -0.2) is 49.2 Å². The first-order valence-corrected chi connectivity index (χ1v) is 9.21. The van der Waals surface area contributed by atoms with E-state index >= 15 is 0 Å². The lowest BCUT2D eigenvalue weighted by molar-refractivity contribution is 0.0963. The second-order valence-corrected chi connectivity index (χ2v) is 6.37. The van der Waals surface area contributed by atoms with Crippen molar-refractivity contribution in [1.29, 1.82) is 0 Å². The van der Waals surface area contributed by atoms with E-state index < -0.39 is 0 Å². The number of halogens is 2. The first-order chi connectivity index (χ1) is 12.1. The van der Waals surface area contributed by atoms with E-state index in [0.717, 1.165) is 35.9 Å². The first-order valence-electron chi connectivity index (χ1n) is 8.83. The molecule has 1 fully saturated rings. The molecule has 1 aromatic carbocycles. The normalized spacial score (nSPS) is 15.2. The number of guanidine groups is 1. The van der Waals surface area contributed by atoms with E-state index in [2.05, 4.69) is 15.6 Å². The number of ether oxygens (including phenoxy) is 1. The Balaban J connectivity index is 0.00000338. The highest BCUT2D eigenvalue weighted by Crippen LogP contribution is 2.13. The minimum atomic E-state index is -0.220. The SMILES string of the molecule is CCNC(=NCc1cccc(Cl)c1)NC1CCN(C(=O)OCC)CC1.I. The van der Waals surface area contributed by atoms with Gasteiger partial charge in [-0.1, -0.05) is 23.7 Å². The molecule has 1 aliphatic rings. The number of hydrogen-bond acceptors (Lipinski definition) is 3. The number of likely N-dealkylation sites (tertiary alicyclic amines) is 1. The third-order valence-corrected chi connectivity index (χ3v) is 4.25. The summed E-state index contributed by atoms with van der Waals surface area (Å²) in [5.41, 5.74) is 1.07. The van der Waals surface area contributed by atoms with E-state index in [1.807, 2.05) is 38.1 Å². The summed E-state index contributed by atoms with van der Waals surface area (Å²) in [7, 11) is 0. The molecule has 0 spiro atoms. The van der Waals surface area contributed by atoms with Crippen molar-refractivity contribution in [3.05, 3.63) is 34.9 Å². The van der Waals surface area contributed by atoms with E-state index in [-0.39, 0.29) is 30.1 Å². The number of hydrogen-bond donors (Lipinski definition) is 2. The van der Waals surface area contributed by atoms with Crippen LogP contribution in [0.2, 0.25) is 5.02 Å². The van der Waals surface area contributed by atoms with Crippen LogP contribution in [0.25, 0.3) is 0 Å². The standard InChI is InChI=1S/C18H27ClN4O2.HI/c1-3-20-17(21-13-14-6-5-7-15(19)12-14)22-16-8-10-23(11-9-16)18(24)25-4-2;/h5-7,12,16H,3-4,8-11,13H2,1-2H3,(H2,20,21,22);1H. The van der Waals surface area contributed by atoms with Gasteiger partial charge in [-0.3, -0.25) is 0 Å². The quantitative estimate of drug-likeness (QED) is 0.373. The number of aliphatic imine (C=N–C) groups is 1. The molecule has 1 aliphatic heterocycles. The van der Waals surface area contributed by atoms with Crippen molar-refractivity contribution >= 4 is 47.6 Å². The number of amides is 1. The molecule has 0 radical (unpaired) electrons. The molecule has 0 unspecified atom stereocenters. The fourth-order valence-corrected chi connectivity index (χ4v) is 2.95. The Labute approximate surface area is 177 Å². The third kappa shape index (κ3) is 7.57. The maximum atomic E-state index is 11.8. The van der Waals surface area contributed by atoms with Gasteiger partial charge in [-0.05, 0) is 44.4 Å². The van der Waals surface area contributed by atoms with Crippen LogP contribution in [0.4, 0.5) is 4.79 Å². The van der Waals surface area contributed by atoms with Crippen molar-refractivity contribution in [1.82, 2.24) is 15.5 Å². The lowest BCUT2D eigenvalue weighted by Crippen LogP contribution is -2.49. The highest BCUT2D eigenvalue weighted by atomic mass is 127. The fourth-order valence-electron chi connectivity index (χ4n) is 2.74. The van der Waals surface area contributed by atoms with Crippen LogP contribution in [0, 0.1) is 0 Å². The molecule has 1 amide bonds. The van der Waals surface area contributed by atoms with Crippen molar-refractivity contribution in [2.24, 2.45) is 4.99 Å². The Hall–Kier alpha value is -1.22. The van der Waals surface area contributed by atoms with Gasteiger partial charge in [0.15, 0.2) is 5.96 Å². The van der Waals surface area contributed by atoms with Crippen LogP contribution in [0.3, 0.4) is 0 Å². The molecule has 8 heteroatoms. The van der Waals surface area contributed by atoms with Crippen molar-refractivity contribution in [2.45, 2.75) is 39.3 Å². The van der Waals surface area contributed by atoms with Gasteiger partial charge in [0.2, 0.25) is 0 Å². The summed E-state index contributed by atoms with van der Waals surface area (Å²) < 4.78 is 5.05. The van der Waals surface area contributed by atoms with Crippen molar-refractivity contribution in [2.75, 3.05) is 26.2 Å². The van der Waals surface area contributed by atoms with E-state index in [1.165, 1.54) is 0 Å². The molecule has 2 N–H and O–H groups in total. The summed E-state index contributed by atoms with van der Waals surface area (Å²) in [6, 6.07) is 8.01. The summed E-state index contributed by atoms with van der Waals surface area (Å²) in [5, 5.41) is 7.45. The monoisotopic (exact) mass is 494 g/mol. The molecule has 0 aromatic heterocycles.